The number of likely N-dealkylation sites (N-methyl/N-ethyl adjacent to an activating group) is 1. The number of aliphatic hydroxyl groups is 1. The Morgan fingerprint density at radius 2 is 2.19 bits per heavy atom. The van der Waals surface area contributed by atoms with Crippen molar-refractivity contribution in [2.75, 3.05) is 25.5 Å². The van der Waals surface area contributed by atoms with Gasteiger partial charge in [-0.2, -0.15) is 4.98 Å². The van der Waals surface area contributed by atoms with E-state index in [1.165, 1.54) is 6.07 Å². The highest BCUT2D eigenvalue weighted by Gasteiger charge is 2.20. The summed E-state index contributed by atoms with van der Waals surface area (Å²) >= 11 is 5.96. The van der Waals surface area contributed by atoms with Gasteiger partial charge in [0.05, 0.1) is 12.3 Å². The van der Waals surface area contributed by atoms with Gasteiger partial charge in [0.25, 0.3) is 6.01 Å². The van der Waals surface area contributed by atoms with Gasteiger partial charge in [-0.1, -0.05) is 11.6 Å². The van der Waals surface area contributed by atoms with E-state index in [2.05, 4.69) is 27.2 Å². The molecule has 7 nitrogen and oxygen atoms in total. The molecule has 2 aromatic heterocycles. The van der Waals surface area contributed by atoms with Gasteiger partial charge in [0, 0.05) is 23.2 Å². The van der Waals surface area contributed by atoms with Gasteiger partial charge in [0.15, 0.2) is 5.58 Å². The first kappa shape index (κ1) is 18.0. The lowest BCUT2D eigenvalue weighted by molar-refractivity contribution is 0.259. The number of nitrogens with one attached hydrogen (secondary N) is 1. The number of oxazole rings is 1. The monoisotopic (exact) mass is 388 g/mol. The minimum Gasteiger partial charge on any atom is -0.507 e. The van der Waals surface area contributed by atoms with Crippen molar-refractivity contribution < 1.29 is 14.6 Å². The molecule has 1 saturated heterocycles. The molecule has 8 heteroatoms. The molecule has 3 heterocycles. The number of piperidine rings is 1. The first-order valence-electron chi connectivity index (χ1n) is 8.89. The number of phenolic OH excluding ortho intramolecular Hbond substituents is 1. The molecular weight excluding hydrogens is 368 g/mol. The summed E-state index contributed by atoms with van der Waals surface area (Å²) in [5.41, 5.74) is 2.44. The SMILES string of the molecule is CN1CCC[C@@H](Nc2nc3nc(-c4c(O)cc(Cl)cc4CO)ccc3o2)C1. The Hall–Kier alpha value is -2.35. The zero-order chi connectivity index (χ0) is 19.0. The van der Waals surface area contributed by atoms with Crippen molar-refractivity contribution in [2.45, 2.75) is 25.5 Å². The lowest BCUT2D eigenvalue weighted by atomic mass is 10.0. The molecule has 1 aliphatic rings. The van der Waals surface area contributed by atoms with Crippen LogP contribution in [-0.2, 0) is 6.61 Å². The second kappa shape index (κ2) is 7.34. The van der Waals surface area contributed by atoms with Crippen LogP contribution in [0.4, 0.5) is 6.01 Å². The summed E-state index contributed by atoms with van der Waals surface area (Å²) in [6.07, 6.45) is 2.21. The van der Waals surface area contributed by atoms with Gasteiger partial charge in [-0.15, -0.1) is 0 Å². The fraction of sp³-hybridized carbons (Fsp3) is 0.368. The molecule has 1 aliphatic heterocycles. The molecule has 0 amide bonds. The zero-order valence-corrected chi connectivity index (χ0v) is 15.7. The largest absolute Gasteiger partial charge is 0.507 e. The quantitative estimate of drug-likeness (QED) is 0.631. The van der Waals surface area contributed by atoms with Crippen LogP contribution in [0.5, 0.6) is 5.75 Å². The normalized spacial score (nSPS) is 18.1. The molecular formula is C19H21ClN4O3. The molecule has 0 aliphatic carbocycles. The van der Waals surface area contributed by atoms with Gasteiger partial charge in [-0.05, 0) is 56.3 Å². The number of fused-ring (bicyclic) bond motifs is 1. The Balaban J connectivity index is 1.65. The summed E-state index contributed by atoms with van der Waals surface area (Å²) in [4.78, 5) is 11.2. The number of pyridine rings is 1. The number of phenols is 1. The number of aromatic nitrogens is 2. The second-order valence-corrected chi connectivity index (χ2v) is 7.34. The first-order valence-corrected chi connectivity index (χ1v) is 9.26. The smallest absolute Gasteiger partial charge is 0.297 e. The number of halogens is 1. The predicted octanol–water partition coefficient (Wildman–Crippen LogP) is 3.25. The van der Waals surface area contributed by atoms with Crippen LogP contribution in [0, 0.1) is 0 Å². The number of benzene rings is 1. The third-order valence-electron chi connectivity index (χ3n) is 4.80. The van der Waals surface area contributed by atoms with Crippen LogP contribution < -0.4 is 5.32 Å². The number of aromatic hydroxyl groups is 1. The van der Waals surface area contributed by atoms with Crippen molar-refractivity contribution in [1.82, 2.24) is 14.9 Å². The molecule has 0 spiro atoms. The highest BCUT2D eigenvalue weighted by molar-refractivity contribution is 6.31. The van der Waals surface area contributed by atoms with Crippen molar-refractivity contribution >= 4 is 28.8 Å². The van der Waals surface area contributed by atoms with E-state index in [4.69, 9.17) is 16.0 Å². The van der Waals surface area contributed by atoms with Gasteiger partial charge in [-0.25, -0.2) is 4.98 Å². The lowest BCUT2D eigenvalue weighted by Crippen LogP contribution is -2.39. The van der Waals surface area contributed by atoms with Gasteiger partial charge < -0.3 is 24.8 Å². The molecule has 0 unspecified atom stereocenters. The number of anilines is 1. The van der Waals surface area contributed by atoms with Crippen LogP contribution in [0.1, 0.15) is 18.4 Å². The van der Waals surface area contributed by atoms with E-state index in [1.54, 1.807) is 18.2 Å². The van der Waals surface area contributed by atoms with Crippen LogP contribution in [0.2, 0.25) is 5.02 Å². The number of hydrogen-bond donors (Lipinski definition) is 3. The standard InChI is InChI=1S/C19H21ClN4O3/c1-24-6-2-3-13(9-24)21-19-23-18-16(27-19)5-4-14(22-18)17-11(10-25)7-12(20)8-15(17)26/h4-5,7-8,13,25-26H,2-3,6,9-10H2,1H3,(H,21,22,23)/t13-/m1/s1. The maximum Gasteiger partial charge on any atom is 0.297 e. The maximum absolute atomic E-state index is 10.3. The topological polar surface area (TPSA) is 94.7 Å². The number of aliphatic hydroxyl groups excluding tert-OH is 1. The Labute approximate surface area is 161 Å². The minimum absolute atomic E-state index is 0.0366. The number of nitrogens with zero attached hydrogens (tertiary/aromatic N) is 3. The van der Waals surface area contributed by atoms with E-state index in [9.17, 15) is 10.2 Å². The van der Waals surface area contributed by atoms with Gasteiger partial charge >= 0.3 is 0 Å². The van der Waals surface area contributed by atoms with E-state index >= 15 is 0 Å². The van der Waals surface area contributed by atoms with Crippen LogP contribution in [0.15, 0.2) is 28.7 Å². The molecule has 1 atom stereocenters. The predicted molar refractivity (Wildman–Crippen MR) is 104 cm³/mol. The highest BCUT2D eigenvalue weighted by atomic mass is 35.5. The Morgan fingerprint density at radius 1 is 1.33 bits per heavy atom. The third kappa shape index (κ3) is 3.71. The molecule has 3 N–H and O–H groups in total. The summed E-state index contributed by atoms with van der Waals surface area (Å²) in [5, 5.41) is 23.6. The molecule has 0 saturated carbocycles. The third-order valence-corrected chi connectivity index (χ3v) is 5.01. The van der Waals surface area contributed by atoms with Gasteiger partial charge in [-0.3, -0.25) is 0 Å². The molecule has 0 bridgehead atoms. The fourth-order valence-corrected chi connectivity index (χ4v) is 3.78. The molecule has 3 aromatic rings. The lowest BCUT2D eigenvalue weighted by Gasteiger charge is -2.29. The van der Waals surface area contributed by atoms with E-state index < -0.39 is 0 Å². The summed E-state index contributed by atoms with van der Waals surface area (Å²) in [6.45, 7) is 1.79. The molecule has 142 valence electrons. The summed E-state index contributed by atoms with van der Waals surface area (Å²) < 4.78 is 5.77. The maximum atomic E-state index is 10.3. The van der Waals surface area contributed by atoms with Crippen LogP contribution in [0.25, 0.3) is 22.5 Å². The van der Waals surface area contributed by atoms with E-state index in [-0.39, 0.29) is 18.4 Å². The van der Waals surface area contributed by atoms with Crippen molar-refractivity contribution in [3.63, 3.8) is 0 Å². The molecule has 1 aromatic carbocycles. The number of hydrogen-bond acceptors (Lipinski definition) is 7. The van der Waals surface area contributed by atoms with E-state index in [0.717, 1.165) is 25.9 Å². The zero-order valence-electron chi connectivity index (χ0n) is 14.9. The van der Waals surface area contributed by atoms with Crippen molar-refractivity contribution in [3.8, 4) is 17.0 Å². The molecule has 4 rings (SSSR count). The van der Waals surface area contributed by atoms with Crippen molar-refractivity contribution in [2.24, 2.45) is 0 Å². The van der Waals surface area contributed by atoms with Crippen molar-refractivity contribution in [1.29, 1.82) is 0 Å². The molecule has 1 fully saturated rings. The van der Waals surface area contributed by atoms with Gasteiger partial charge in [0.2, 0.25) is 5.65 Å². The number of rotatable bonds is 4. The van der Waals surface area contributed by atoms with E-state index in [0.29, 0.717) is 39.1 Å². The van der Waals surface area contributed by atoms with Crippen molar-refractivity contribution in [3.05, 3.63) is 34.9 Å². The molecule has 0 radical (unpaired) electrons. The van der Waals surface area contributed by atoms with Crippen LogP contribution >= 0.6 is 11.6 Å². The van der Waals surface area contributed by atoms with Crippen LogP contribution in [-0.4, -0.2) is 51.3 Å². The Bertz CT molecular complexity index is 975. The molecule has 27 heavy (non-hydrogen) atoms. The summed E-state index contributed by atoms with van der Waals surface area (Å²) in [6, 6.07) is 7.26. The first-order chi connectivity index (χ1) is 13.0. The van der Waals surface area contributed by atoms with E-state index in [1.807, 2.05) is 0 Å². The summed E-state index contributed by atoms with van der Waals surface area (Å²) in [5.74, 6) is -0.0366. The average Bonchev–Trinajstić information content (AvgIpc) is 3.02. The Morgan fingerprint density at radius 3 is 2.96 bits per heavy atom. The Kier molecular flexibility index (Phi) is 4.90. The van der Waals surface area contributed by atoms with Gasteiger partial charge in [0.1, 0.15) is 5.75 Å². The minimum atomic E-state index is -0.260. The van der Waals surface area contributed by atoms with Crippen LogP contribution in [0.3, 0.4) is 0 Å². The average molecular weight is 389 g/mol. The highest BCUT2D eigenvalue weighted by Crippen LogP contribution is 2.35. The fourth-order valence-electron chi connectivity index (χ4n) is 3.55. The summed E-state index contributed by atoms with van der Waals surface area (Å²) in [7, 11) is 2.10. The second-order valence-electron chi connectivity index (χ2n) is 6.90. The number of likely N-dealkylation sites (tertiary alicyclic amines) is 1.